The van der Waals surface area contributed by atoms with E-state index in [1.165, 1.54) is 0 Å². The molecule has 1 unspecified atom stereocenters. The second-order valence-corrected chi connectivity index (χ2v) is 1.97. The standard InChI is InChI=1S/C8H12O/c1-4-8(9)6-5-7(2)3/h8-9H,2,4H2,1,3H3. The molecule has 1 heteroatoms. The summed E-state index contributed by atoms with van der Waals surface area (Å²) in [5.41, 5.74) is 0.794. The highest BCUT2D eigenvalue weighted by molar-refractivity contribution is 5.24. The van der Waals surface area contributed by atoms with Crippen LogP contribution < -0.4 is 0 Å². The Labute approximate surface area is 56.4 Å². The van der Waals surface area contributed by atoms with E-state index in [-0.39, 0.29) is 0 Å². The molecule has 0 aliphatic rings. The van der Waals surface area contributed by atoms with E-state index in [0.717, 1.165) is 5.57 Å². The van der Waals surface area contributed by atoms with Gasteiger partial charge in [-0.25, -0.2) is 0 Å². The smallest absolute Gasteiger partial charge is 0.114 e. The maximum atomic E-state index is 8.89. The largest absolute Gasteiger partial charge is 0.380 e. The van der Waals surface area contributed by atoms with Gasteiger partial charge in [0.05, 0.1) is 0 Å². The van der Waals surface area contributed by atoms with Crippen molar-refractivity contribution in [1.82, 2.24) is 0 Å². The van der Waals surface area contributed by atoms with Gasteiger partial charge in [-0.1, -0.05) is 25.3 Å². The summed E-state index contributed by atoms with van der Waals surface area (Å²) in [4.78, 5) is 0. The Morgan fingerprint density at radius 3 is 2.67 bits per heavy atom. The molecule has 0 aliphatic carbocycles. The summed E-state index contributed by atoms with van der Waals surface area (Å²) in [6.07, 6.45) is 0.196. The van der Waals surface area contributed by atoms with Gasteiger partial charge in [0, 0.05) is 0 Å². The molecular formula is C8H12O. The molecule has 0 saturated carbocycles. The maximum absolute atomic E-state index is 8.89. The molecule has 0 saturated heterocycles. The molecule has 0 heterocycles. The van der Waals surface area contributed by atoms with Crippen LogP contribution in [0, 0.1) is 11.8 Å². The number of hydrogen-bond donors (Lipinski definition) is 1. The average molecular weight is 124 g/mol. The molecule has 0 radical (unpaired) electrons. The molecule has 0 spiro atoms. The van der Waals surface area contributed by atoms with Gasteiger partial charge in [-0.05, 0) is 18.9 Å². The van der Waals surface area contributed by atoms with E-state index in [2.05, 4.69) is 18.4 Å². The zero-order valence-corrected chi connectivity index (χ0v) is 5.94. The average Bonchev–Trinajstić information content (AvgIpc) is 1.83. The number of allylic oxidation sites excluding steroid dienone is 1. The predicted octanol–water partition coefficient (Wildman–Crippen LogP) is 1.34. The van der Waals surface area contributed by atoms with Gasteiger partial charge in [0.1, 0.15) is 6.10 Å². The minimum absolute atomic E-state index is 0.485. The highest BCUT2D eigenvalue weighted by Gasteiger charge is 1.89. The number of aliphatic hydroxyl groups excluding tert-OH is 1. The van der Waals surface area contributed by atoms with Crippen molar-refractivity contribution >= 4 is 0 Å². The molecule has 1 N–H and O–H groups in total. The summed E-state index contributed by atoms with van der Waals surface area (Å²) in [5, 5.41) is 8.89. The highest BCUT2D eigenvalue weighted by atomic mass is 16.3. The van der Waals surface area contributed by atoms with E-state index in [1.54, 1.807) is 0 Å². The molecular weight excluding hydrogens is 112 g/mol. The van der Waals surface area contributed by atoms with Crippen molar-refractivity contribution in [2.24, 2.45) is 0 Å². The highest BCUT2D eigenvalue weighted by Crippen LogP contribution is 1.87. The van der Waals surface area contributed by atoms with E-state index in [9.17, 15) is 0 Å². The first-order valence-corrected chi connectivity index (χ1v) is 3.02. The Bertz CT molecular complexity index is 148. The van der Waals surface area contributed by atoms with E-state index in [1.807, 2.05) is 13.8 Å². The Balaban J connectivity index is 3.72. The molecule has 0 aliphatic heterocycles. The third-order valence-corrected chi connectivity index (χ3v) is 0.839. The molecule has 0 rings (SSSR count). The lowest BCUT2D eigenvalue weighted by Gasteiger charge is -1.92. The van der Waals surface area contributed by atoms with Gasteiger partial charge in [0.15, 0.2) is 0 Å². The van der Waals surface area contributed by atoms with Crippen molar-refractivity contribution in [1.29, 1.82) is 0 Å². The quantitative estimate of drug-likeness (QED) is 0.523. The monoisotopic (exact) mass is 124 g/mol. The summed E-state index contributed by atoms with van der Waals surface area (Å²) >= 11 is 0. The lowest BCUT2D eigenvalue weighted by atomic mass is 10.2. The summed E-state index contributed by atoms with van der Waals surface area (Å²) in [6.45, 7) is 7.28. The van der Waals surface area contributed by atoms with Gasteiger partial charge >= 0.3 is 0 Å². The first kappa shape index (κ1) is 8.26. The van der Waals surface area contributed by atoms with E-state index in [4.69, 9.17) is 5.11 Å². The minimum atomic E-state index is -0.485. The van der Waals surface area contributed by atoms with Crippen molar-refractivity contribution in [3.8, 4) is 11.8 Å². The fraction of sp³-hybridized carbons (Fsp3) is 0.500. The summed E-state index contributed by atoms with van der Waals surface area (Å²) < 4.78 is 0. The van der Waals surface area contributed by atoms with Crippen LogP contribution in [-0.2, 0) is 0 Å². The second kappa shape index (κ2) is 4.17. The van der Waals surface area contributed by atoms with E-state index < -0.39 is 6.10 Å². The Morgan fingerprint density at radius 1 is 1.78 bits per heavy atom. The second-order valence-electron chi connectivity index (χ2n) is 1.97. The topological polar surface area (TPSA) is 20.2 Å². The van der Waals surface area contributed by atoms with Crippen molar-refractivity contribution in [3.63, 3.8) is 0 Å². The molecule has 1 atom stereocenters. The first-order chi connectivity index (χ1) is 4.16. The van der Waals surface area contributed by atoms with Crippen molar-refractivity contribution in [2.75, 3.05) is 0 Å². The number of hydrogen-bond acceptors (Lipinski definition) is 1. The molecule has 0 bridgehead atoms. The van der Waals surface area contributed by atoms with Crippen molar-refractivity contribution in [2.45, 2.75) is 26.4 Å². The number of aliphatic hydroxyl groups is 1. The van der Waals surface area contributed by atoms with E-state index in [0.29, 0.717) is 6.42 Å². The van der Waals surface area contributed by atoms with Crippen molar-refractivity contribution in [3.05, 3.63) is 12.2 Å². The SMILES string of the molecule is C=C(C)C#CC(O)CC. The summed E-state index contributed by atoms with van der Waals surface area (Å²) in [5.74, 6) is 5.34. The maximum Gasteiger partial charge on any atom is 0.114 e. The zero-order chi connectivity index (χ0) is 7.28. The third-order valence-electron chi connectivity index (χ3n) is 0.839. The van der Waals surface area contributed by atoms with Gasteiger partial charge < -0.3 is 5.11 Å². The van der Waals surface area contributed by atoms with Crippen LogP contribution in [0.3, 0.4) is 0 Å². The fourth-order valence-electron chi connectivity index (χ4n) is 0.309. The normalized spacial score (nSPS) is 11.4. The zero-order valence-electron chi connectivity index (χ0n) is 5.94. The summed E-state index contributed by atoms with van der Waals surface area (Å²) in [6, 6.07) is 0. The Hall–Kier alpha value is -0.740. The lowest BCUT2D eigenvalue weighted by Crippen LogP contribution is -1.98. The van der Waals surface area contributed by atoms with Crippen LogP contribution in [-0.4, -0.2) is 11.2 Å². The predicted molar refractivity (Wildman–Crippen MR) is 38.9 cm³/mol. The first-order valence-electron chi connectivity index (χ1n) is 3.02. The number of rotatable bonds is 1. The molecule has 1 nitrogen and oxygen atoms in total. The lowest BCUT2D eigenvalue weighted by molar-refractivity contribution is 0.228. The van der Waals surface area contributed by atoms with Crippen LogP contribution in [0.4, 0.5) is 0 Å². The van der Waals surface area contributed by atoms with Gasteiger partial charge in [-0.2, -0.15) is 0 Å². The summed E-state index contributed by atoms with van der Waals surface area (Å²) in [7, 11) is 0. The van der Waals surface area contributed by atoms with Gasteiger partial charge in [-0.3, -0.25) is 0 Å². The van der Waals surface area contributed by atoms with E-state index >= 15 is 0 Å². The molecule has 0 aromatic heterocycles. The van der Waals surface area contributed by atoms with Crippen molar-refractivity contribution < 1.29 is 5.11 Å². The molecule has 0 amide bonds. The van der Waals surface area contributed by atoms with Crippen LogP contribution in [0.5, 0.6) is 0 Å². The fourth-order valence-corrected chi connectivity index (χ4v) is 0.309. The van der Waals surface area contributed by atoms with Crippen LogP contribution in [0.1, 0.15) is 20.3 Å². The molecule has 0 aromatic rings. The van der Waals surface area contributed by atoms with Gasteiger partial charge in [0.2, 0.25) is 0 Å². The minimum Gasteiger partial charge on any atom is -0.380 e. The van der Waals surface area contributed by atoms with Crippen LogP contribution >= 0.6 is 0 Å². The van der Waals surface area contributed by atoms with Crippen LogP contribution in [0.2, 0.25) is 0 Å². The van der Waals surface area contributed by atoms with Crippen LogP contribution in [0.25, 0.3) is 0 Å². The van der Waals surface area contributed by atoms with Crippen LogP contribution in [0.15, 0.2) is 12.2 Å². The Kier molecular flexibility index (Phi) is 3.83. The molecule has 50 valence electrons. The third kappa shape index (κ3) is 5.13. The molecule has 0 aromatic carbocycles. The van der Waals surface area contributed by atoms with Gasteiger partial charge in [-0.15, -0.1) is 0 Å². The molecule has 0 fully saturated rings. The van der Waals surface area contributed by atoms with Gasteiger partial charge in [0.25, 0.3) is 0 Å². The Morgan fingerprint density at radius 2 is 2.33 bits per heavy atom. The molecule has 9 heavy (non-hydrogen) atoms.